The molecule has 0 radical (unpaired) electrons. The summed E-state index contributed by atoms with van der Waals surface area (Å²) < 4.78 is 29.1. The summed E-state index contributed by atoms with van der Waals surface area (Å²) in [7, 11) is -2.05. The van der Waals surface area contributed by atoms with Crippen LogP contribution in [-0.2, 0) is 47.8 Å². The van der Waals surface area contributed by atoms with Gasteiger partial charge in [-0.1, -0.05) is 37.3 Å². The molecule has 4 rings (SSSR count). The summed E-state index contributed by atoms with van der Waals surface area (Å²) in [4.78, 5) is 53.1. The average Bonchev–Trinajstić information content (AvgIpc) is 2.95. The summed E-state index contributed by atoms with van der Waals surface area (Å²) in [5, 5.41) is 9.35. The van der Waals surface area contributed by atoms with Gasteiger partial charge in [0.25, 0.3) is 5.69 Å². The summed E-state index contributed by atoms with van der Waals surface area (Å²) in [6.07, 6.45) is -2.03. The van der Waals surface area contributed by atoms with E-state index in [1.54, 1.807) is 37.3 Å². The summed E-state index contributed by atoms with van der Waals surface area (Å²) in [6, 6.07) is 14.2. The molecule has 13 nitrogen and oxygen atoms in total. The highest BCUT2D eigenvalue weighted by Crippen LogP contribution is 2.42. The molecule has 0 bridgehead atoms. The maximum absolute atomic E-state index is 13.3. The highest BCUT2D eigenvalue weighted by Gasteiger charge is 2.63. The molecule has 0 N–H and O–H groups in total. The fraction of sp³-hybridized carbons (Fsp3) is 0.308. The first-order chi connectivity index (χ1) is 19.2. The molecule has 0 aliphatic carbocycles. The Hall–Kier alpha value is -4.68. The molecular weight excluding hydrogens is 544 g/mol. The van der Waals surface area contributed by atoms with Gasteiger partial charge in [-0.05, 0) is 36.6 Å². The minimum atomic E-state index is -2.05. The van der Waals surface area contributed by atoms with E-state index in [0.717, 1.165) is 4.90 Å². The normalized spacial score (nSPS) is 20.6. The number of carbonyl (C=O) groups is 3. The van der Waals surface area contributed by atoms with Crippen LogP contribution in [0, 0.1) is 16.0 Å². The second-order valence-corrected chi connectivity index (χ2v) is 10.4. The largest absolute Gasteiger partial charge is 0.508 e. The van der Waals surface area contributed by atoms with Crippen molar-refractivity contribution in [2.45, 2.75) is 45.0 Å². The van der Waals surface area contributed by atoms with Crippen molar-refractivity contribution in [3.05, 3.63) is 92.6 Å². The first-order valence-electron chi connectivity index (χ1n) is 12.1. The second-order valence-electron chi connectivity index (χ2n) is 8.89. The molecular formula is C26H24N4O9S. The Bertz CT molecular complexity index is 1450. The molecule has 2 aromatic rings. The number of non-ortho nitro benzene ring substituents is 1. The number of fused-ring (bicyclic) bond motifs is 1. The Morgan fingerprint density at radius 2 is 1.73 bits per heavy atom. The summed E-state index contributed by atoms with van der Waals surface area (Å²) in [5.74, 6) is -2.59. The van der Waals surface area contributed by atoms with Gasteiger partial charge in [0.2, 0.25) is 5.91 Å². The fourth-order valence-electron chi connectivity index (χ4n) is 4.43. The van der Waals surface area contributed by atoms with E-state index in [1.165, 1.54) is 31.2 Å². The SMILES string of the molecule is CCC(OC(=O)OCc1ccc([N+](=O)[O-])cc1)[C@H]1C(=O)N2C(C(=O)OCc3ccccc3)=C(C)C(=[N+]=[N-])[S@](=O)[C@@H]12. The lowest BCUT2D eigenvalue weighted by molar-refractivity contribution is -0.384. The van der Waals surface area contributed by atoms with Crippen LogP contribution in [0.2, 0.25) is 0 Å². The summed E-state index contributed by atoms with van der Waals surface area (Å²) >= 11 is 0. The van der Waals surface area contributed by atoms with Gasteiger partial charge in [0.05, 0.1) is 10.5 Å². The lowest BCUT2D eigenvalue weighted by Crippen LogP contribution is -2.69. The molecule has 0 saturated carbocycles. The topological polar surface area (TPSA) is 179 Å². The van der Waals surface area contributed by atoms with Gasteiger partial charge >= 0.3 is 17.2 Å². The van der Waals surface area contributed by atoms with Crippen molar-refractivity contribution in [2.24, 2.45) is 5.92 Å². The van der Waals surface area contributed by atoms with Crippen molar-refractivity contribution in [2.75, 3.05) is 0 Å². The number of carbonyl (C=O) groups excluding carboxylic acids is 3. The Balaban J connectivity index is 1.47. The maximum Gasteiger partial charge on any atom is 0.508 e. The quantitative estimate of drug-likeness (QED) is 0.110. The molecule has 208 valence electrons. The lowest BCUT2D eigenvalue weighted by Gasteiger charge is -2.49. The fourth-order valence-corrected chi connectivity index (χ4v) is 6.09. The van der Waals surface area contributed by atoms with E-state index in [0.29, 0.717) is 11.1 Å². The van der Waals surface area contributed by atoms with Gasteiger partial charge in [0.15, 0.2) is 10.8 Å². The number of nitro benzene ring substituents is 1. The third kappa shape index (κ3) is 5.53. The monoisotopic (exact) mass is 568 g/mol. The van der Waals surface area contributed by atoms with Gasteiger partial charge in [0.1, 0.15) is 36.3 Å². The van der Waals surface area contributed by atoms with Crippen LogP contribution in [0.1, 0.15) is 31.4 Å². The number of esters is 1. The van der Waals surface area contributed by atoms with Gasteiger partial charge in [0, 0.05) is 12.1 Å². The van der Waals surface area contributed by atoms with Gasteiger partial charge in [-0.15, -0.1) is 0 Å². The van der Waals surface area contributed by atoms with Crippen molar-refractivity contribution >= 4 is 39.6 Å². The number of hydrogen-bond donors (Lipinski definition) is 0. The number of hydrogen-bond acceptors (Lipinski definition) is 9. The van der Waals surface area contributed by atoms with E-state index in [9.17, 15) is 34.2 Å². The molecule has 2 aromatic carbocycles. The molecule has 1 saturated heterocycles. The van der Waals surface area contributed by atoms with Gasteiger partial charge < -0.3 is 19.7 Å². The van der Waals surface area contributed by atoms with Gasteiger partial charge in [-0.25, -0.2) is 13.8 Å². The highest BCUT2D eigenvalue weighted by molar-refractivity contribution is 8.01. The molecule has 1 fully saturated rings. The van der Waals surface area contributed by atoms with Crippen LogP contribution in [0.5, 0.6) is 0 Å². The molecule has 2 aliphatic heterocycles. The van der Waals surface area contributed by atoms with E-state index >= 15 is 0 Å². The summed E-state index contributed by atoms with van der Waals surface area (Å²) in [5.41, 5.74) is 10.4. The van der Waals surface area contributed by atoms with E-state index in [2.05, 4.69) is 4.79 Å². The third-order valence-corrected chi connectivity index (χ3v) is 8.17. The molecule has 1 unspecified atom stereocenters. The van der Waals surface area contributed by atoms with Crippen molar-refractivity contribution in [1.82, 2.24) is 4.90 Å². The average molecular weight is 569 g/mol. The van der Waals surface area contributed by atoms with E-state index in [4.69, 9.17) is 14.2 Å². The van der Waals surface area contributed by atoms with Crippen LogP contribution in [0.3, 0.4) is 0 Å². The zero-order valence-corrected chi connectivity index (χ0v) is 22.2. The van der Waals surface area contributed by atoms with E-state index in [1.807, 2.05) is 0 Å². The van der Waals surface area contributed by atoms with E-state index < -0.39 is 51.2 Å². The predicted molar refractivity (Wildman–Crippen MR) is 138 cm³/mol. The molecule has 14 heteroatoms. The third-order valence-electron chi connectivity index (χ3n) is 6.46. The maximum atomic E-state index is 13.3. The number of rotatable bonds is 9. The van der Waals surface area contributed by atoms with Crippen molar-refractivity contribution in [3.63, 3.8) is 0 Å². The molecule has 2 aliphatic rings. The lowest BCUT2D eigenvalue weighted by atomic mass is 9.88. The summed E-state index contributed by atoms with van der Waals surface area (Å²) in [6.45, 7) is 2.72. The van der Waals surface area contributed by atoms with Crippen LogP contribution < -0.4 is 0 Å². The Kier molecular flexibility index (Phi) is 8.51. The number of amides is 1. The Morgan fingerprint density at radius 3 is 2.33 bits per heavy atom. The zero-order chi connectivity index (χ0) is 29.0. The van der Waals surface area contributed by atoms with E-state index in [-0.39, 0.29) is 41.6 Å². The van der Waals surface area contributed by atoms with Gasteiger partial charge in [-0.2, -0.15) is 4.79 Å². The van der Waals surface area contributed by atoms with Crippen molar-refractivity contribution in [1.29, 1.82) is 0 Å². The van der Waals surface area contributed by atoms with Crippen LogP contribution >= 0.6 is 0 Å². The standard InChI is InChI=1S/C26H24N4O9S/c1-3-19(39-26(33)38-14-17-9-11-18(12-10-17)30(34)35)20-23(31)29-21(15(2)22(28-27)40(36)24(20)29)25(32)37-13-16-7-5-4-6-8-16/h4-12,19-20,24H,3,13-14H2,1-2H3/t19?,20-,24-,40-/m0/s1. The first kappa shape index (κ1) is 28.3. The number of ether oxygens (including phenoxy) is 3. The number of β-lactam (4-membered cyclic amide) rings is 1. The zero-order valence-electron chi connectivity index (χ0n) is 21.4. The Labute approximate surface area is 230 Å². The second kappa shape index (κ2) is 12.0. The molecule has 1 amide bonds. The Morgan fingerprint density at radius 1 is 1.10 bits per heavy atom. The molecule has 4 atom stereocenters. The molecule has 0 spiro atoms. The number of nitrogens with zero attached hydrogens (tertiary/aromatic N) is 4. The predicted octanol–water partition coefficient (Wildman–Crippen LogP) is 3.22. The van der Waals surface area contributed by atoms with Crippen LogP contribution in [-0.4, -0.2) is 53.4 Å². The minimum Gasteiger partial charge on any atom is -0.456 e. The van der Waals surface area contributed by atoms with Crippen LogP contribution in [0.4, 0.5) is 10.5 Å². The van der Waals surface area contributed by atoms with Gasteiger partial charge in [-0.3, -0.25) is 19.8 Å². The van der Waals surface area contributed by atoms with Crippen molar-refractivity contribution in [3.8, 4) is 0 Å². The van der Waals surface area contributed by atoms with Crippen LogP contribution in [0.15, 0.2) is 65.9 Å². The molecule has 0 aromatic heterocycles. The number of benzene rings is 2. The molecule has 40 heavy (non-hydrogen) atoms. The van der Waals surface area contributed by atoms with Crippen molar-refractivity contribution < 1.29 is 42.5 Å². The van der Waals surface area contributed by atoms with Crippen LogP contribution in [0.25, 0.3) is 5.53 Å². The number of nitro groups is 1. The minimum absolute atomic E-state index is 0.0263. The smallest absolute Gasteiger partial charge is 0.456 e. The first-order valence-corrected chi connectivity index (χ1v) is 13.3. The molecule has 2 heterocycles. The highest BCUT2D eigenvalue weighted by atomic mass is 32.2.